The Morgan fingerprint density at radius 2 is 2.04 bits per heavy atom. The van der Waals surface area contributed by atoms with Gasteiger partial charge in [0.1, 0.15) is 5.75 Å². The summed E-state index contributed by atoms with van der Waals surface area (Å²) in [5, 5.41) is 3.43. The van der Waals surface area contributed by atoms with Crippen molar-refractivity contribution in [3.05, 3.63) is 22.7 Å². The number of methoxy groups -OCH3 is 1. The zero-order chi connectivity index (χ0) is 18.6. The van der Waals surface area contributed by atoms with Crippen molar-refractivity contribution in [1.82, 2.24) is 10.2 Å². The predicted molar refractivity (Wildman–Crippen MR) is 109 cm³/mol. The molecule has 0 aliphatic carbocycles. The highest BCUT2D eigenvalue weighted by atomic mass is 35.5. The van der Waals surface area contributed by atoms with E-state index in [1.54, 1.807) is 12.1 Å². The number of benzene rings is 1. The number of nitrogens with zero attached hydrogens (tertiary/aromatic N) is 1. The third-order valence-electron chi connectivity index (χ3n) is 5.64. The molecule has 3 rings (SSSR count). The van der Waals surface area contributed by atoms with Gasteiger partial charge in [-0.1, -0.05) is 11.6 Å². The van der Waals surface area contributed by atoms with Gasteiger partial charge < -0.3 is 15.8 Å². The van der Waals surface area contributed by atoms with Gasteiger partial charge in [-0.15, -0.1) is 0 Å². The van der Waals surface area contributed by atoms with Crippen molar-refractivity contribution in [3.63, 3.8) is 0 Å². The first-order valence-corrected chi connectivity index (χ1v) is 10.8. The Balaban J connectivity index is 1.64. The van der Waals surface area contributed by atoms with Crippen LogP contribution in [0.1, 0.15) is 42.5 Å². The highest BCUT2D eigenvalue weighted by molar-refractivity contribution is 7.99. The largest absolute Gasteiger partial charge is 0.496 e. The first-order valence-electron chi connectivity index (χ1n) is 9.30. The molecule has 7 heteroatoms. The van der Waals surface area contributed by atoms with E-state index in [4.69, 9.17) is 22.1 Å². The molecule has 2 fully saturated rings. The van der Waals surface area contributed by atoms with Crippen LogP contribution in [0.3, 0.4) is 0 Å². The predicted octanol–water partition coefficient (Wildman–Crippen LogP) is 3.41. The van der Waals surface area contributed by atoms with E-state index in [9.17, 15) is 4.79 Å². The Kier molecular flexibility index (Phi) is 6.59. The average Bonchev–Trinajstić information content (AvgIpc) is 3.19. The first-order chi connectivity index (χ1) is 12.6. The first kappa shape index (κ1) is 19.6. The average molecular weight is 398 g/mol. The number of hydrogen-bond acceptors (Lipinski definition) is 5. The van der Waals surface area contributed by atoms with Gasteiger partial charge >= 0.3 is 0 Å². The molecule has 0 radical (unpaired) electrons. The molecule has 0 spiro atoms. The minimum atomic E-state index is -0.162. The lowest BCUT2D eigenvalue weighted by molar-refractivity contribution is 0.0860. The van der Waals surface area contributed by atoms with Crippen molar-refractivity contribution >= 4 is 35.0 Å². The molecule has 0 aromatic heterocycles. The van der Waals surface area contributed by atoms with Crippen LogP contribution in [0, 0.1) is 0 Å². The molecule has 0 atom stereocenters. The number of carbonyl (C=O) groups is 1. The van der Waals surface area contributed by atoms with Crippen LogP contribution in [0.25, 0.3) is 0 Å². The summed E-state index contributed by atoms with van der Waals surface area (Å²) in [4.78, 5) is 15.3. The van der Waals surface area contributed by atoms with Crippen LogP contribution in [0.4, 0.5) is 5.69 Å². The molecule has 2 heterocycles. The van der Waals surface area contributed by atoms with Gasteiger partial charge in [-0.25, -0.2) is 0 Å². The normalized spacial score (nSPS) is 20.1. The van der Waals surface area contributed by atoms with E-state index in [1.807, 2.05) is 11.8 Å². The zero-order valence-corrected chi connectivity index (χ0v) is 16.9. The van der Waals surface area contributed by atoms with Gasteiger partial charge in [-0.2, -0.15) is 11.8 Å². The molecule has 2 aliphatic rings. The van der Waals surface area contributed by atoms with Crippen LogP contribution in [-0.2, 0) is 0 Å². The molecule has 0 saturated carbocycles. The van der Waals surface area contributed by atoms with Crippen molar-refractivity contribution in [2.24, 2.45) is 0 Å². The summed E-state index contributed by atoms with van der Waals surface area (Å²) in [7, 11) is 1.53. The molecule has 0 bridgehead atoms. The standard InChI is InChI=1S/C19H28ClN3O2S/c1-25-17-13-16(21)15(20)12-14(17)18(24)22-7-4-19(5-10-26-11-6-19)23-8-2-3-9-23/h12-13H,2-11,21H2,1H3,(H,22,24). The van der Waals surface area contributed by atoms with Crippen LogP contribution >= 0.6 is 23.4 Å². The third kappa shape index (κ3) is 4.24. The molecule has 1 aromatic rings. The molecule has 0 unspecified atom stereocenters. The zero-order valence-electron chi connectivity index (χ0n) is 15.4. The van der Waals surface area contributed by atoms with Gasteiger partial charge in [0.05, 0.1) is 23.4 Å². The van der Waals surface area contributed by atoms with Crippen molar-refractivity contribution in [2.75, 3.05) is 44.0 Å². The fourth-order valence-electron chi connectivity index (χ4n) is 4.09. The van der Waals surface area contributed by atoms with E-state index >= 15 is 0 Å². The fraction of sp³-hybridized carbons (Fsp3) is 0.632. The number of carbonyl (C=O) groups excluding carboxylic acids is 1. The lowest BCUT2D eigenvalue weighted by Gasteiger charge is -2.45. The Morgan fingerprint density at radius 1 is 1.35 bits per heavy atom. The van der Waals surface area contributed by atoms with E-state index in [2.05, 4.69) is 10.2 Å². The number of rotatable bonds is 6. The molecule has 1 aromatic carbocycles. The molecule has 2 saturated heterocycles. The topological polar surface area (TPSA) is 67.6 Å². The van der Waals surface area contributed by atoms with Crippen molar-refractivity contribution < 1.29 is 9.53 Å². The molecule has 1 amide bonds. The summed E-state index contributed by atoms with van der Waals surface area (Å²) < 4.78 is 5.29. The summed E-state index contributed by atoms with van der Waals surface area (Å²) >= 11 is 8.12. The number of hydrogen-bond donors (Lipinski definition) is 2. The van der Waals surface area contributed by atoms with Gasteiger partial charge in [0.15, 0.2) is 0 Å². The highest BCUT2D eigenvalue weighted by Crippen LogP contribution is 2.37. The summed E-state index contributed by atoms with van der Waals surface area (Å²) in [5.41, 5.74) is 6.89. The van der Waals surface area contributed by atoms with Crippen LogP contribution in [0.15, 0.2) is 12.1 Å². The summed E-state index contributed by atoms with van der Waals surface area (Å²) in [5.74, 6) is 2.72. The maximum Gasteiger partial charge on any atom is 0.255 e. The second-order valence-electron chi connectivity index (χ2n) is 7.11. The van der Waals surface area contributed by atoms with Gasteiger partial charge in [0.2, 0.25) is 0 Å². The molecular weight excluding hydrogens is 370 g/mol. The second-order valence-corrected chi connectivity index (χ2v) is 8.74. The Bertz CT molecular complexity index is 644. The van der Waals surface area contributed by atoms with Crippen molar-refractivity contribution in [3.8, 4) is 5.75 Å². The molecule has 3 N–H and O–H groups in total. The number of thioether (sulfide) groups is 1. The van der Waals surface area contributed by atoms with E-state index in [0.717, 1.165) is 6.42 Å². The number of amides is 1. The Hall–Kier alpha value is -1.11. The second kappa shape index (κ2) is 8.72. The smallest absolute Gasteiger partial charge is 0.255 e. The van der Waals surface area contributed by atoms with Crippen LogP contribution in [0.5, 0.6) is 5.75 Å². The maximum atomic E-state index is 12.6. The van der Waals surface area contributed by atoms with E-state index < -0.39 is 0 Å². The number of nitrogens with one attached hydrogen (secondary N) is 1. The number of likely N-dealkylation sites (tertiary alicyclic amines) is 1. The van der Waals surface area contributed by atoms with Gasteiger partial charge in [0, 0.05) is 18.2 Å². The van der Waals surface area contributed by atoms with Crippen molar-refractivity contribution in [1.29, 1.82) is 0 Å². The number of halogens is 1. The number of anilines is 1. The lowest BCUT2D eigenvalue weighted by Crippen LogP contribution is -2.51. The van der Waals surface area contributed by atoms with Gasteiger partial charge in [-0.05, 0) is 62.8 Å². The van der Waals surface area contributed by atoms with Gasteiger partial charge in [0.25, 0.3) is 5.91 Å². The third-order valence-corrected chi connectivity index (χ3v) is 6.95. The van der Waals surface area contributed by atoms with Crippen LogP contribution < -0.4 is 15.8 Å². The Labute approximate surface area is 165 Å². The summed E-state index contributed by atoms with van der Waals surface area (Å²) in [6, 6.07) is 3.18. The molecule has 144 valence electrons. The quantitative estimate of drug-likeness (QED) is 0.720. The minimum Gasteiger partial charge on any atom is -0.496 e. The monoisotopic (exact) mass is 397 g/mol. The van der Waals surface area contributed by atoms with Gasteiger partial charge in [-0.3, -0.25) is 9.69 Å². The lowest BCUT2D eigenvalue weighted by atomic mass is 9.86. The highest BCUT2D eigenvalue weighted by Gasteiger charge is 2.38. The minimum absolute atomic E-state index is 0.162. The van der Waals surface area contributed by atoms with Crippen molar-refractivity contribution in [2.45, 2.75) is 37.6 Å². The van der Waals surface area contributed by atoms with E-state index in [-0.39, 0.29) is 11.4 Å². The van der Waals surface area contributed by atoms with Crippen LogP contribution in [-0.4, -0.2) is 54.6 Å². The number of nitrogens with two attached hydrogens (primary N) is 1. The maximum absolute atomic E-state index is 12.6. The van der Waals surface area contributed by atoms with E-state index in [1.165, 1.54) is 57.4 Å². The SMILES string of the molecule is COc1cc(N)c(Cl)cc1C(=O)NCCC1(N2CCCC2)CCSCC1. The molecular formula is C19H28ClN3O2S. The van der Waals surface area contributed by atoms with E-state index in [0.29, 0.717) is 28.6 Å². The summed E-state index contributed by atoms with van der Waals surface area (Å²) in [6.45, 7) is 3.05. The molecule has 5 nitrogen and oxygen atoms in total. The Morgan fingerprint density at radius 3 is 2.69 bits per heavy atom. The summed E-state index contributed by atoms with van der Waals surface area (Å²) in [6.07, 6.45) is 6.00. The number of nitrogen functional groups attached to an aromatic ring is 1. The molecule has 26 heavy (non-hydrogen) atoms. The number of ether oxygens (including phenoxy) is 1. The van der Waals surface area contributed by atoms with Crippen LogP contribution in [0.2, 0.25) is 5.02 Å². The fourth-order valence-corrected chi connectivity index (χ4v) is 5.50. The molecule has 2 aliphatic heterocycles.